The lowest BCUT2D eigenvalue weighted by Gasteiger charge is -1.98. The van der Waals surface area contributed by atoms with Crippen molar-refractivity contribution in [1.29, 1.82) is 0 Å². The van der Waals surface area contributed by atoms with Crippen LogP contribution in [0.2, 0.25) is 0 Å². The molecule has 3 N–H and O–H groups in total. The first-order chi connectivity index (χ1) is 8.36. The van der Waals surface area contributed by atoms with Crippen LogP contribution >= 0.6 is 0 Å². The molecule has 0 heterocycles. The van der Waals surface area contributed by atoms with E-state index >= 15 is 0 Å². The van der Waals surface area contributed by atoms with Crippen LogP contribution in [0.4, 0.5) is 0 Å². The van der Waals surface area contributed by atoms with Crippen molar-refractivity contribution < 1.29 is 29.7 Å². The first-order valence-electron chi connectivity index (χ1n) is 4.61. The highest BCUT2D eigenvalue weighted by molar-refractivity contribution is 6.01. The summed E-state index contributed by atoms with van der Waals surface area (Å²) in [7, 11) is 0. The van der Waals surface area contributed by atoms with Crippen LogP contribution in [0.25, 0.3) is 0 Å². The zero-order chi connectivity index (χ0) is 14.7. The number of aromatic carboxylic acids is 2. The lowest BCUT2D eigenvalue weighted by Crippen LogP contribution is -2.06. The molecule has 0 bridgehead atoms. The number of aliphatic carboxylic acids is 1. The Morgan fingerprint density at radius 3 is 1.28 bits per heavy atom. The summed E-state index contributed by atoms with van der Waals surface area (Å²) in [6.07, 6.45) is 0. The number of rotatable bonds is 2. The number of benzene rings is 1. The Bertz CT molecular complexity index is 387. The lowest BCUT2D eigenvalue weighted by molar-refractivity contribution is -0.134. The Kier molecular flexibility index (Phi) is 9.46. The van der Waals surface area contributed by atoms with Crippen molar-refractivity contribution in [3.63, 3.8) is 0 Å². The van der Waals surface area contributed by atoms with Crippen molar-refractivity contribution in [1.82, 2.24) is 0 Å². The smallest absolute Gasteiger partial charge is 0.336 e. The summed E-state index contributed by atoms with van der Waals surface area (Å²) in [5.41, 5.74) is -0.380. The summed E-state index contributed by atoms with van der Waals surface area (Å²) in [6.45, 7) is 7.08. The minimum Gasteiger partial charge on any atom is -0.481 e. The van der Waals surface area contributed by atoms with Crippen LogP contribution < -0.4 is 0 Å². The van der Waals surface area contributed by atoms with Gasteiger partial charge >= 0.3 is 11.9 Å². The highest BCUT2D eigenvalue weighted by Gasteiger charge is 2.13. The third-order valence-corrected chi connectivity index (χ3v) is 1.39. The van der Waals surface area contributed by atoms with Crippen molar-refractivity contribution in [3.8, 4) is 0 Å². The summed E-state index contributed by atoms with van der Waals surface area (Å²) in [5, 5.41) is 24.5. The molecule has 0 amide bonds. The molecule has 6 heteroatoms. The van der Waals surface area contributed by atoms with Gasteiger partial charge in [-0.2, -0.15) is 0 Å². The van der Waals surface area contributed by atoms with Gasteiger partial charge < -0.3 is 15.3 Å². The maximum atomic E-state index is 10.5. The Morgan fingerprint density at radius 2 is 1.11 bits per heavy atom. The maximum Gasteiger partial charge on any atom is 0.336 e. The minimum atomic E-state index is -1.23. The van der Waals surface area contributed by atoms with Gasteiger partial charge in [0.25, 0.3) is 5.97 Å². The van der Waals surface area contributed by atoms with Crippen molar-refractivity contribution in [2.75, 3.05) is 0 Å². The number of carbonyl (C=O) groups is 3. The topological polar surface area (TPSA) is 112 Å². The van der Waals surface area contributed by atoms with E-state index in [0.717, 1.165) is 6.92 Å². The summed E-state index contributed by atoms with van der Waals surface area (Å²) in [4.78, 5) is 29.9. The molecule has 0 aliphatic carbocycles. The molecule has 0 saturated carbocycles. The molecule has 0 aliphatic rings. The van der Waals surface area contributed by atoms with E-state index in [9.17, 15) is 9.59 Å². The second-order valence-corrected chi connectivity index (χ2v) is 2.67. The molecule has 0 spiro atoms. The Balaban J connectivity index is 0. The fourth-order valence-electron chi connectivity index (χ4n) is 0.856. The van der Waals surface area contributed by atoms with Crippen molar-refractivity contribution in [2.45, 2.75) is 6.92 Å². The highest BCUT2D eigenvalue weighted by Crippen LogP contribution is 2.07. The molecule has 0 atom stereocenters. The van der Waals surface area contributed by atoms with Gasteiger partial charge in [0.15, 0.2) is 0 Å². The summed E-state index contributed by atoms with van der Waals surface area (Å²) in [6, 6.07) is 5.48. The van der Waals surface area contributed by atoms with Gasteiger partial charge in [-0.25, -0.2) is 9.59 Å². The molecule has 98 valence electrons. The van der Waals surface area contributed by atoms with Gasteiger partial charge in [0, 0.05) is 6.92 Å². The van der Waals surface area contributed by atoms with Gasteiger partial charge in [0.05, 0.1) is 11.1 Å². The Labute approximate surface area is 104 Å². The number of hydrogen-bond acceptors (Lipinski definition) is 3. The summed E-state index contributed by atoms with van der Waals surface area (Å²) in [5.74, 6) is -3.29. The average molecular weight is 254 g/mol. The average Bonchev–Trinajstić information content (AvgIpc) is 2.30. The van der Waals surface area contributed by atoms with Gasteiger partial charge in [0.2, 0.25) is 0 Å². The molecule has 0 saturated heterocycles. The van der Waals surface area contributed by atoms with Gasteiger partial charge in [0.1, 0.15) is 0 Å². The van der Waals surface area contributed by atoms with Crippen LogP contribution in [-0.4, -0.2) is 33.2 Å². The fraction of sp³-hybridized carbons (Fsp3) is 0.0833. The minimum absolute atomic E-state index is 0.190. The normalized spacial score (nSPS) is 7.83. The maximum absolute atomic E-state index is 10.5. The van der Waals surface area contributed by atoms with Crippen LogP contribution in [-0.2, 0) is 4.79 Å². The summed E-state index contributed by atoms with van der Waals surface area (Å²) < 4.78 is 0. The van der Waals surface area contributed by atoms with Gasteiger partial charge in [-0.05, 0) is 12.1 Å². The van der Waals surface area contributed by atoms with Crippen LogP contribution in [0.1, 0.15) is 27.6 Å². The van der Waals surface area contributed by atoms with E-state index in [1.165, 1.54) is 24.3 Å². The molecular weight excluding hydrogens is 240 g/mol. The molecule has 0 radical (unpaired) electrons. The van der Waals surface area contributed by atoms with E-state index in [4.69, 9.17) is 20.1 Å². The second kappa shape index (κ2) is 9.59. The SMILES string of the molecule is C=C.CC(=O)O.O=C(O)c1ccccc1C(=O)O. The van der Waals surface area contributed by atoms with Gasteiger partial charge in [-0.15, -0.1) is 13.2 Å². The number of hydrogen-bond donors (Lipinski definition) is 3. The zero-order valence-corrected chi connectivity index (χ0v) is 9.79. The van der Waals surface area contributed by atoms with Crippen molar-refractivity contribution >= 4 is 17.9 Å². The predicted octanol–water partition coefficient (Wildman–Crippen LogP) is 1.98. The van der Waals surface area contributed by atoms with Crippen molar-refractivity contribution in [2.24, 2.45) is 0 Å². The molecule has 1 rings (SSSR count). The Morgan fingerprint density at radius 1 is 0.889 bits per heavy atom. The molecule has 0 aliphatic heterocycles. The molecule has 0 fully saturated rings. The largest absolute Gasteiger partial charge is 0.481 e. The third-order valence-electron chi connectivity index (χ3n) is 1.39. The van der Waals surface area contributed by atoms with Crippen molar-refractivity contribution in [3.05, 3.63) is 48.6 Å². The van der Waals surface area contributed by atoms with E-state index in [1.54, 1.807) is 0 Å². The number of carboxylic acids is 3. The van der Waals surface area contributed by atoms with E-state index < -0.39 is 17.9 Å². The van der Waals surface area contributed by atoms with Crippen LogP contribution in [0, 0.1) is 0 Å². The molecule has 0 unspecified atom stereocenters. The predicted molar refractivity (Wildman–Crippen MR) is 64.9 cm³/mol. The molecule has 6 nitrogen and oxygen atoms in total. The second-order valence-electron chi connectivity index (χ2n) is 2.67. The monoisotopic (exact) mass is 254 g/mol. The molecule has 18 heavy (non-hydrogen) atoms. The lowest BCUT2D eigenvalue weighted by atomic mass is 10.1. The quantitative estimate of drug-likeness (QED) is 0.695. The molecule has 1 aromatic rings. The standard InChI is InChI=1S/C8H6O4.C2H4O2.C2H4/c9-7(10)5-3-1-2-4-6(5)8(11)12;1-2(3)4;1-2/h1-4H,(H,9,10)(H,11,12);1H3,(H,3,4);1-2H2. The Hall–Kier alpha value is -2.63. The van der Waals surface area contributed by atoms with Crippen LogP contribution in [0.15, 0.2) is 37.4 Å². The first-order valence-corrected chi connectivity index (χ1v) is 4.61. The van der Waals surface area contributed by atoms with Crippen LogP contribution in [0.3, 0.4) is 0 Å². The molecular formula is C12H14O6. The van der Waals surface area contributed by atoms with Gasteiger partial charge in [-0.1, -0.05) is 12.1 Å². The van der Waals surface area contributed by atoms with Crippen LogP contribution in [0.5, 0.6) is 0 Å². The van der Waals surface area contributed by atoms with E-state index in [0.29, 0.717) is 0 Å². The highest BCUT2D eigenvalue weighted by atomic mass is 16.4. The molecule has 0 aromatic heterocycles. The summed E-state index contributed by atoms with van der Waals surface area (Å²) >= 11 is 0. The van der Waals surface area contributed by atoms with E-state index in [2.05, 4.69) is 13.2 Å². The zero-order valence-electron chi connectivity index (χ0n) is 9.79. The molecule has 1 aromatic carbocycles. The van der Waals surface area contributed by atoms with E-state index in [1.807, 2.05) is 0 Å². The van der Waals surface area contributed by atoms with E-state index in [-0.39, 0.29) is 11.1 Å². The third kappa shape index (κ3) is 7.63. The fourth-order valence-corrected chi connectivity index (χ4v) is 0.856. The van der Waals surface area contributed by atoms with Gasteiger partial charge in [-0.3, -0.25) is 4.79 Å². The number of carboxylic acid groups (broad SMARTS) is 3. The first kappa shape index (κ1) is 17.8.